The molecule has 0 aromatic rings. The molecule has 2 rings (SSSR count). The van der Waals surface area contributed by atoms with E-state index in [2.05, 4.69) is 0 Å². The SMILES string of the molecule is CC[C@H]1OC(=O)C[C@@H](O)[C@H](C)[C@@H](O[C@@H]2O[C@H](C)[C@@H](O)[C@H](N(C)C)[C@H]2O)C(C=O)C[C@@H](C)C(=O)/C=C/C(C)=C/[C@@H]1COC(N)=O. The maximum Gasteiger partial charge on any atom is 0.404 e. The first-order valence-corrected chi connectivity index (χ1v) is 15.1. The minimum atomic E-state index is -1.35. The molecule has 0 saturated carbocycles. The number of cyclic esters (lactones) is 1. The van der Waals surface area contributed by atoms with Crippen LogP contribution in [0.3, 0.4) is 0 Å². The number of aliphatic hydroxyl groups excluding tert-OH is 3. The van der Waals surface area contributed by atoms with Crippen LogP contribution >= 0.6 is 0 Å². The summed E-state index contributed by atoms with van der Waals surface area (Å²) in [6.45, 7) is 8.24. The average molecular weight is 627 g/mol. The monoisotopic (exact) mass is 626 g/mol. The first kappa shape index (κ1) is 37.5. The van der Waals surface area contributed by atoms with Crippen molar-refractivity contribution < 1.29 is 53.4 Å². The van der Waals surface area contributed by atoms with Gasteiger partial charge in [0.1, 0.15) is 25.1 Å². The second-order valence-corrected chi connectivity index (χ2v) is 12.2. The van der Waals surface area contributed by atoms with E-state index in [0.717, 1.165) is 0 Å². The number of carbonyl (C=O) groups excluding carboxylic acids is 4. The number of aldehydes is 1. The van der Waals surface area contributed by atoms with Gasteiger partial charge in [0, 0.05) is 23.7 Å². The summed E-state index contributed by atoms with van der Waals surface area (Å²) < 4.78 is 22.7. The Kier molecular flexibility index (Phi) is 14.6. The molecule has 0 aromatic heterocycles. The van der Waals surface area contributed by atoms with Crippen molar-refractivity contribution in [2.45, 2.75) is 103 Å². The van der Waals surface area contributed by atoms with Crippen molar-refractivity contribution in [1.29, 1.82) is 0 Å². The van der Waals surface area contributed by atoms with Crippen molar-refractivity contribution in [2.24, 2.45) is 29.4 Å². The van der Waals surface area contributed by atoms with E-state index in [1.165, 1.54) is 6.08 Å². The van der Waals surface area contributed by atoms with Gasteiger partial charge in [-0.05, 0) is 46.9 Å². The van der Waals surface area contributed by atoms with Crippen LogP contribution in [0.15, 0.2) is 23.8 Å². The number of nitrogens with two attached hydrogens (primary N) is 1. The summed E-state index contributed by atoms with van der Waals surface area (Å²) in [6.07, 6.45) is -3.25. The Labute approximate surface area is 259 Å². The molecule has 5 N–H and O–H groups in total. The molecule has 250 valence electrons. The number of ketones is 1. The van der Waals surface area contributed by atoms with Gasteiger partial charge in [0.25, 0.3) is 0 Å². The van der Waals surface area contributed by atoms with E-state index in [1.54, 1.807) is 65.8 Å². The van der Waals surface area contributed by atoms with Gasteiger partial charge < -0.3 is 49.7 Å². The first-order chi connectivity index (χ1) is 20.6. The van der Waals surface area contributed by atoms with Gasteiger partial charge >= 0.3 is 12.1 Å². The van der Waals surface area contributed by atoms with Gasteiger partial charge in [-0.15, -0.1) is 0 Å². The highest BCUT2D eigenvalue weighted by Crippen LogP contribution is 2.32. The third-order valence-electron chi connectivity index (χ3n) is 8.47. The number of rotatable bonds is 7. The Bertz CT molecular complexity index is 1050. The molecular formula is C31H50N2O11. The molecule has 0 radical (unpaired) electrons. The predicted molar refractivity (Wildman–Crippen MR) is 159 cm³/mol. The standard InChI is InChI=1S/C31H50N2O11/c1-8-24-21(15-41-31(32)40)11-16(2)9-10-22(35)17(3)12-20(14-34)29(18(4)23(36)13-25(37)43-24)44-30-28(39)26(33(6)7)27(38)19(5)42-30/h9-11,14,17-21,23-24,26-30,36,38-39H,8,12-13,15H2,1-7H3,(H2,32,40)/b10-9+,16-11+/t17-,18+,19-,20?,21-,23-,24-,26+,27-,28-,29-,30+/m1/s1. The normalized spacial score (nSPS) is 40.0. The molecule has 2 aliphatic heterocycles. The second kappa shape index (κ2) is 17.1. The number of esters is 1. The van der Waals surface area contributed by atoms with Gasteiger partial charge in [0.15, 0.2) is 12.1 Å². The molecule has 1 unspecified atom stereocenters. The van der Waals surface area contributed by atoms with Crippen LogP contribution < -0.4 is 5.73 Å². The van der Waals surface area contributed by atoms with Crippen molar-refractivity contribution in [1.82, 2.24) is 4.90 Å². The van der Waals surface area contributed by atoms with E-state index in [0.29, 0.717) is 18.3 Å². The summed E-state index contributed by atoms with van der Waals surface area (Å²) in [6, 6.07) is -0.751. The van der Waals surface area contributed by atoms with Crippen LogP contribution in [0.5, 0.6) is 0 Å². The van der Waals surface area contributed by atoms with Crippen molar-refractivity contribution >= 4 is 24.1 Å². The number of amides is 1. The summed E-state index contributed by atoms with van der Waals surface area (Å²) in [7, 11) is 3.38. The number of allylic oxidation sites excluding steroid dienone is 3. The lowest BCUT2D eigenvalue weighted by atomic mass is 9.81. The van der Waals surface area contributed by atoms with Crippen LogP contribution in [0, 0.1) is 23.7 Å². The van der Waals surface area contributed by atoms with Gasteiger partial charge in [-0.1, -0.05) is 38.5 Å². The Balaban J connectivity index is 2.49. The maximum atomic E-state index is 13.1. The van der Waals surface area contributed by atoms with E-state index in [-0.39, 0.29) is 18.8 Å². The average Bonchev–Trinajstić information content (AvgIpc) is 2.95. The molecule has 0 aliphatic carbocycles. The highest BCUT2D eigenvalue weighted by atomic mass is 16.7. The third-order valence-corrected chi connectivity index (χ3v) is 8.47. The number of hydrogen-bond donors (Lipinski definition) is 4. The molecule has 44 heavy (non-hydrogen) atoms. The van der Waals surface area contributed by atoms with E-state index in [4.69, 9.17) is 24.7 Å². The molecule has 0 bridgehead atoms. The fourth-order valence-electron chi connectivity index (χ4n) is 5.78. The smallest absolute Gasteiger partial charge is 0.404 e. The Morgan fingerprint density at radius 2 is 1.80 bits per heavy atom. The van der Waals surface area contributed by atoms with E-state index < -0.39 is 91.1 Å². The van der Waals surface area contributed by atoms with Gasteiger partial charge in [-0.3, -0.25) is 9.59 Å². The summed E-state index contributed by atoms with van der Waals surface area (Å²) in [5, 5.41) is 32.9. The number of aliphatic hydroxyl groups is 3. The minimum Gasteiger partial charge on any atom is -0.462 e. The molecule has 1 amide bonds. The van der Waals surface area contributed by atoms with Crippen molar-refractivity contribution in [3.8, 4) is 0 Å². The zero-order valence-corrected chi connectivity index (χ0v) is 26.7. The molecule has 1 fully saturated rings. The zero-order valence-electron chi connectivity index (χ0n) is 26.7. The van der Waals surface area contributed by atoms with Crippen molar-refractivity contribution in [3.05, 3.63) is 23.8 Å². The van der Waals surface area contributed by atoms with Crippen molar-refractivity contribution in [3.63, 3.8) is 0 Å². The molecular weight excluding hydrogens is 576 g/mol. The molecule has 13 nitrogen and oxygen atoms in total. The van der Waals surface area contributed by atoms with Crippen LogP contribution in [-0.2, 0) is 33.3 Å². The first-order valence-electron chi connectivity index (χ1n) is 15.1. The summed E-state index contributed by atoms with van der Waals surface area (Å²) in [5.74, 6) is -3.99. The highest BCUT2D eigenvalue weighted by Gasteiger charge is 2.47. The number of hydrogen-bond acceptors (Lipinski definition) is 12. The van der Waals surface area contributed by atoms with Crippen LogP contribution in [0.2, 0.25) is 0 Å². The number of primary amides is 1. The minimum absolute atomic E-state index is 0.0483. The Morgan fingerprint density at radius 3 is 2.36 bits per heavy atom. The molecule has 2 heterocycles. The second-order valence-electron chi connectivity index (χ2n) is 12.2. The molecule has 2 aliphatic rings. The Hall–Kier alpha value is -2.68. The highest BCUT2D eigenvalue weighted by molar-refractivity contribution is 5.92. The number of likely N-dealkylation sites (N-methyl/N-ethyl adjacent to an activating group) is 1. The predicted octanol–water partition coefficient (Wildman–Crippen LogP) is 1.12. The largest absolute Gasteiger partial charge is 0.462 e. The summed E-state index contributed by atoms with van der Waals surface area (Å²) in [5.41, 5.74) is 5.80. The number of carbonyl (C=O) groups is 4. The molecule has 1 saturated heterocycles. The third kappa shape index (κ3) is 10.2. The number of nitrogens with zero attached hydrogens (tertiary/aromatic N) is 1. The topological polar surface area (TPSA) is 195 Å². The van der Waals surface area contributed by atoms with Gasteiger partial charge in [0.2, 0.25) is 0 Å². The molecule has 13 heteroatoms. The lowest BCUT2D eigenvalue weighted by Crippen LogP contribution is -2.63. The van der Waals surface area contributed by atoms with Crippen molar-refractivity contribution in [2.75, 3.05) is 20.7 Å². The quantitative estimate of drug-likeness (QED) is 0.233. The van der Waals surface area contributed by atoms with Crippen LogP contribution in [0.1, 0.15) is 53.9 Å². The van der Waals surface area contributed by atoms with Gasteiger partial charge in [-0.2, -0.15) is 0 Å². The lowest BCUT2D eigenvalue weighted by Gasteiger charge is -2.46. The van der Waals surface area contributed by atoms with Crippen LogP contribution in [0.25, 0.3) is 0 Å². The maximum absolute atomic E-state index is 13.1. The molecule has 0 spiro atoms. The van der Waals surface area contributed by atoms with Crippen LogP contribution in [-0.4, -0.2) is 114 Å². The van der Waals surface area contributed by atoms with Gasteiger partial charge in [0.05, 0.1) is 36.9 Å². The fraction of sp³-hybridized carbons (Fsp3) is 0.742. The van der Waals surface area contributed by atoms with E-state index in [9.17, 15) is 34.5 Å². The Morgan fingerprint density at radius 1 is 1.14 bits per heavy atom. The lowest BCUT2D eigenvalue weighted by molar-refractivity contribution is -0.302. The summed E-state index contributed by atoms with van der Waals surface area (Å²) >= 11 is 0. The molecule has 12 atom stereocenters. The number of ether oxygens (including phenoxy) is 4. The van der Waals surface area contributed by atoms with Crippen LogP contribution in [0.4, 0.5) is 4.79 Å². The molecule has 0 aromatic carbocycles. The zero-order chi connectivity index (χ0) is 33.3. The fourth-order valence-corrected chi connectivity index (χ4v) is 5.78. The summed E-state index contributed by atoms with van der Waals surface area (Å²) in [4.78, 5) is 51.6. The van der Waals surface area contributed by atoms with E-state index in [1.807, 2.05) is 0 Å². The van der Waals surface area contributed by atoms with E-state index >= 15 is 0 Å². The van der Waals surface area contributed by atoms with Gasteiger partial charge in [-0.25, -0.2) is 4.79 Å².